The SMILES string of the molecule is N#Cc1ccc(COC(=O)c2c3c(nc4ccccc24)C(=Cc2cccc([N+](=O)[O-])c2)CCC3)cc1. The van der Waals surface area contributed by atoms with Crippen LogP contribution >= 0.6 is 0 Å². The number of aromatic nitrogens is 1. The number of hydrogen-bond acceptors (Lipinski definition) is 6. The van der Waals surface area contributed by atoms with Gasteiger partial charge in [-0.1, -0.05) is 42.5 Å². The lowest BCUT2D eigenvalue weighted by Gasteiger charge is -2.22. The highest BCUT2D eigenvalue weighted by atomic mass is 16.6. The van der Waals surface area contributed by atoms with E-state index >= 15 is 0 Å². The molecule has 0 fully saturated rings. The number of nitro benzene ring substituents is 1. The van der Waals surface area contributed by atoms with Gasteiger partial charge < -0.3 is 4.74 Å². The Morgan fingerprint density at radius 2 is 1.89 bits per heavy atom. The number of non-ortho nitro benzene ring substituents is 1. The molecule has 7 nitrogen and oxygen atoms in total. The van der Waals surface area contributed by atoms with Gasteiger partial charge in [0.05, 0.1) is 33.3 Å². The van der Waals surface area contributed by atoms with Crippen LogP contribution in [0.1, 0.15) is 51.1 Å². The van der Waals surface area contributed by atoms with E-state index in [0.717, 1.165) is 40.6 Å². The van der Waals surface area contributed by atoms with Crippen LogP contribution in [0.3, 0.4) is 0 Å². The topological polar surface area (TPSA) is 106 Å². The number of pyridine rings is 1. The molecule has 1 aliphatic carbocycles. The van der Waals surface area contributed by atoms with Crippen molar-refractivity contribution in [3.05, 3.63) is 116 Å². The molecule has 5 rings (SSSR count). The van der Waals surface area contributed by atoms with Gasteiger partial charge in [-0.2, -0.15) is 5.26 Å². The van der Waals surface area contributed by atoms with E-state index in [2.05, 4.69) is 6.07 Å². The highest BCUT2D eigenvalue weighted by molar-refractivity contribution is 6.06. The second kappa shape index (κ2) is 9.80. The average molecular weight is 476 g/mol. The summed E-state index contributed by atoms with van der Waals surface area (Å²) in [5.74, 6) is -0.425. The Morgan fingerprint density at radius 1 is 1.08 bits per heavy atom. The van der Waals surface area contributed by atoms with E-state index in [1.54, 1.807) is 30.3 Å². The van der Waals surface area contributed by atoms with Gasteiger partial charge in [0.1, 0.15) is 6.61 Å². The molecular formula is C29H21N3O4. The fraction of sp³-hybridized carbons (Fsp3) is 0.138. The summed E-state index contributed by atoms with van der Waals surface area (Å²) < 4.78 is 5.71. The molecule has 1 aliphatic rings. The van der Waals surface area contributed by atoms with E-state index in [1.807, 2.05) is 36.4 Å². The van der Waals surface area contributed by atoms with E-state index in [9.17, 15) is 14.9 Å². The molecule has 4 aromatic rings. The number of esters is 1. The Balaban J connectivity index is 1.55. The summed E-state index contributed by atoms with van der Waals surface area (Å²) in [5.41, 5.74) is 5.78. The largest absolute Gasteiger partial charge is 0.457 e. The molecule has 0 atom stereocenters. The highest BCUT2D eigenvalue weighted by Crippen LogP contribution is 2.36. The van der Waals surface area contributed by atoms with Crippen LogP contribution in [0.15, 0.2) is 72.8 Å². The number of rotatable bonds is 5. The molecule has 0 amide bonds. The third kappa shape index (κ3) is 4.57. The van der Waals surface area contributed by atoms with E-state index in [4.69, 9.17) is 15.0 Å². The van der Waals surface area contributed by atoms with Crippen molar-refractivity contribution in [1.29, 1.82) is 5.26 Å². The van der Waals surface area contributed by atoms with Crippen molar-refractivity contribution in [3.8, 4) is 6.07 Å². The van der Waals surface area contributed by atoms with Gasteiger partial charge in [-0.25, -0.2) is 9.78 Å². The molecule has 0 unspecified atom stereocenters. The van der Waals surface area contributed by atoms with Gasteiger partial charge in [0.15, 0.2) is 0 Å². The Hall–Kier alpha value is -4.83. The number of nitro groups is 1. The summed E-state index contributed by atoms with van der Waals surface area (Å²) in [5, 5.41) is 20.9. The number of carbonyl (C=O) groups is 1. The first-order valence-corrected chi connectivity index (χ1v) is 11.6. The van der Waals surface area contributed by atoms with Crippen molar-refractivity contribution in [2.24, 2.45) is 0 Å². The summed E-state index contributed by atoms with van der Waals surface area (Å²) in [6.45, 7) is 0.0896. The molecule has 7 heteroatoms. The average Bonchev–Trinajstić information content (AvgIpc) is 2.91. The summed E-state index contributed by atoms with van der Waals surface area (Å²) in [6.07, 6.45) is 4.17. The quantitative estimate of drug-likeness (QED) is 0.192. The number of allylic oxidation sites excluding steroid dienone is 1. The molecular weight excluding hydrogens is 454 g/mol. The lowest BCUT2D eigenvalue weighted by Crippen LogP contribution is -2.15. The zero-order valence-electron chi connectivity index (χ0n) is 19.3. The fourth-order valence-corrected chi connectivity index (χ4v) is 4.53. The Labute approximate surface area is 207 Å². The summed E-state index contributed by atoms with van der Waals surface area (Å²) in [7, 11) is 0. The normalized spacial score (nSPS) is 13.7. The molecule has 36 heavy (non-hydrogen) atoms. The minimum Gasteiger partial charge on any atom is -0.457 e. The van der Waals surface area contributed by atoms with Gasteiger partial charge >= 0.3 is 5.97 Å². The van der Waals surface area contributed by atoms with Crippen molar-refractivity contribution < 1.29 is 14.5 Å². The zero-order chi connectivity index (χ0) is 25.1. The van der Waals surface area contributed by atoms with Crippen molar-refractivity contribution in [1.82, 2.24) is 4.98 Å². The van der Waals surface area contributed by atoms with Crippen LogP contribution in [0.2, 0.25) is 0 Å². The van der Waals surface area contributed by atoms with Crippen LogP contribution in [0, 0.1) is 21.4 Å². The number of nitriles is 1. The minimum atomic E-state index is -0.425. The maximum absolute atomic E-state index is 13.4. The van der Waals surface area contributed by atoms with Gasteiger partial charge in [-0.05, 0) is 65.8 Å². The molecule has 1 aromatic heterocycles. The van der Waals surface area contributed by atoms with Gasteiger partial charge in [0, 0.05) is 17.5 Å². The lowest BCUT2D eigenvalue weighted by molar-refractivity contribution is -0.384. The predicted molar refractivity (Wildman–Crippen MR) is 136 cm³/mol. The molecule has 3 aromatic carbocycles. The lowest BCUT2D eigenvalue weighted by atomic mass is 9.86. The molecule has 176 valence electrons. The predicted octanol–water partition coefficient (Wildman–Crippen LogP) is 6.25. The van der Waals surface area contributed by atoms with Crippen LogP contribution in [-0.2, 0) is 17.8 Å². The maximum atomic E-state index is 13.4. The Kier molecular flexibility index (Phi) is 6.25. The van der Waals surface area contributed by atoms with Crippen molar-refractivity contribution in [2.45, 2.75) is 25.9 Å². The van der Waals surface area contributed by atoms with Gasteiger partial charge in [-0.3, -0.25) is 10.1 Å². The molecule has 0 spiro atoms. The third-order valence-electron chi connectivity index (χ3n) is 6.25. The van der Waals surface area contributed by atoms with Crippen molar-refractivity contribution in [2.75, 3.05) is 0 Å². The molecule has 0 radical (unpaired) electrons. The van der Waals surface area contributed by atoms with Gasteiger partial charge in [0.25, 0.3) is 5.69 Å². The first kappa shape index (κ1) is 22.9. The van der Waals surface area contributed by atoms with Crippen LogP contribution in [0.25, 0.3) is 22.6 Å². The van der Waals surface area contributed by atoms with E-state index < -0.39 is 10.9 Å². The number of carbonyl (C=O) groups excluding carboxylic acids is 1. The highest BCUT2D eigenvalue weighted by Gasteiger charge is 2.26. The van der Waals surface area contributed by atoms with E-state index in [0.29, 0.717) is 28.6 Å². The molecule has 0 saturated heterocycles. The number of fused-ring (bicyclic) bond motifs is 2. The summed E-state index contributed by atoms with van der Waals surface area (Å²) in [6, 6.07) is 23.0. The number of benzene rings is 3. The third-order valence-corrected chi connectivity index (χ3v) is 6.25. The van der Waals surface area contributed by atoms with Crippen LogP contribution < -0.4 is 0 Å². The summed E-state index contributed by atoms with van der Waals surface area (Å²) >= 11 is 0. The summed E-state index contributed by atoms with van der Waals surface area (Å²) in [4.78, 5) is 29.1. The van der Waals surface area contributed by atoms with Crippen LogP contribution in [0.5, 0.6) is 0 Å². The molecule has 0 saturated carbocycles. The Bertz CT molecular complexity index is 1570. The smallest absolute Gasteiger partial charge is 0.339 e. The maximum Gasteiger partial charge on any atom is 0.339 e. The van der Waals surface area contributed by atoms with Gasteiger partial charge in [-0.15, -0.1) is 0 Å². The second-order valence-corrected chi connectivity index (χ2v) is 8.59. The number of nitrogens with zero attached hydrogens (tertiary/aromatic N) is 3. The van der Waals surface area contributed by atoms with E-state index in [-0.39, 0.29) is 12.3 Å². The van der Waals surface area contributed by atoms with Crippen molar-refractivity contribution >= 4 is 34.2 Å². The molecule has 0 aliphatic heterocycles. The van der Waals surface area contributed by atoms with E-state index in [1.165, 1.54) is 12.1 Å². The zero-order valence-corrected chi connectivity index (χ0v) is 19.3. The van der Waals surface area contributed by atoms with Gasteiger partial charge in [0.2, 0.25) is 0 Å². The number of hydrogen-bond donors (Lipinski definition) is 0. The molecule has 1 heterocycles. The first-order chi connectivity index (χ1) is 17.5. The monoisotopic (exact) mass is 475 g/mol. The Morgan fingerprint density at radius 3 is 2.67 bits per heavy atom. The number of ether oxygens (including phenoxy) is 1. The van der Waals surface area contributed by atoms with Crippen LogP contribution in [0.4, 0.5) is 5.69 Å². The second-order valence-electron chi connectivity index (χ2n) is 8.59. The van der Waals surface area contributed by atoms with Crippen molar-refractivity contribution in [3.63, 3.8) is 0 Å². The fourth-order valence-electron chi connectivity index (χ4n) is 4.53. The molecule has 0 bridgehead atoms. The standard InChI is InChI=1S/C29H21N3O4/c30-17-19-11-13-20(14-12-19)18-36-29(33)27-24-8-1-2-10-26(24)31-28-22(6-4-9-25(27)28)15-21-5-3-7-23(16-21)32(34)35/h1-3,5,7-8,10-16H,4,6,9,18H2. The van der Waals surface area contributed by atoms with Crippen LogP contribution in [-0.4, -0.2) is 15.9 Å². The molecule has 0 N–H and O–H groups in total. The number of para-hydroxylation sites is 1. The minimum absolute atomic E-state index is 0.0268. The first-order valence-electron chi connectivity index (χ1n) is 11.6.